The first kappa shape index (κ1) is 28.4. The smallest absolute Gasteiger partial charge is 0.317 e. The SMILES string of the molecule is O=C(O)C(I)C(I)C(I)CCCCCCCCCCCCCCCCI. The highest BCUT2D eigenvalue weighted by molar-refractivity contribution is 14.1. The van der Waals surface area contributed by atoms with E-state index in [0.717, 1.165) is 6.42 Å². The highest BCUT2D eigenvalue weighted by atomic mass is 127. The van der Waals surface area contributed by atoms with Crippen LogP contribution in [0.4, 0.5) is 0 Å². The molecule has 0 radical (unpaired) electrons. The first-order valence-electron chi connectivity index (χ1n) is 10.2. The van der Waals surface area contributed by atoms with Crippen LogP contribution in [0.3, 0.4) is 0 Å². The van der Waals surface area contributed by atoms with E-state index in [0.29, 0.717) is 3.92 Å². The minimum Gasteiger partial charge on any atom is -0.480 e. The third kappa shape index (κ3) is 17.3. The van der Waals surface area contributed by atoms with Gasteiger partial charge >= 0.3 is 5.97 Å². The largest absolute Gasteiger partial charge is 0.480 e. The molecule has 2 nitrogen and oxygen atoms in total. The molecule has 0 aromatic heterocycles. The van der Waals surface area contributed by atoms with Crippen molar-refractivity contribution >= 4 is 96.3 Å². The summed E-state index contributed by atoms with van der Waals surface area (Å²) in [4.78, 5) is 11.0. The lowest BCUT2D eigenvalue weighted by Gasteiger charge is -2.19. The fourth-order valence-corrected chi connectivity index (χ4v) is 6.39. The molecule has 0 spiro atoms. The lowest BCUT2D eigenvalue weighted by Crippen LogP contribution is -2.30. The molecule has 0 bridgehead atoms. The van der Waals surface area contributed by atoms with Crippen molar-refractivity contribution in [3.8, 4) is 0 Å². The maximum atomic E-state index is 11.0. The Hall–Kier alpha value is 2.39. The average molecular weight is 816 g/mol. The van der Waals surface area contributed by atoms with E-state index in [2.05, 4.69) is 90.4 Å². The van der Waals surface area contributed by atoms with Crippen molar-refractivity contribution in [1.29, 1.82) is 0 Å². The van der Waals surface area contributed by atoms with Gasteiger partial charge in [0.1, 0.15) is 3.92 Å². The lowest BCUT2D eigenvalue weighted by atomic mass is 10.0. The molecule has 3 unspecified atom stereocenters. The van der Waals surface area contributed by atoms with Crippen LogP contribution in [-0.4, -0.2) is 27.3 Å². The molecule has 0 rings (SSSR count). The predicted octanol–water partition coefficient (Wildman–Crippen LogP) is 8.77. The number of unbranched alkanes of at least 4 members (excludes halogenated alkanes) is 13. The van der Waals surface area contributed by atoms with Crippen LogP contribution in [0.25, 0.3) is 0 Å². The van der Waals surface area contributed by atoms with Gasteiger partial charge < -0.3 is 5.11 Å². The first-order valence-corrected chi connectivity index (χ1v) is 15.5. The van der Waals surface area contributed by atoms with Crippen LogP contribution in [0, 0.1) is 0 Å². The summed E-state index contributed by atoms with van der Waals surface area (Å²) < 4.78 is 1.73. The van der Waals surface area contributed by atoms with E-state index in [1.807, 2.05) is 0 Å². The van der Waals surface area contributed by atoms with Gasteiger partial charge in [-0.2, -0.15) is 0 Å². The van der Waals surface area contributed by atoms with E-state index < -0.39 is 5.97 Å². The topological polar surface area (TPSA) is 37.3 Å². The molecule has 0 aliphatic rings. The van der Waals surface area contributed by atoms with Gasteiger partial charge in [0.2, 0.25) is 0 Å². The Morgan fingerprint density at radius 3 is 1.35 bits per heavy atom. The third-order valence-corrected chi connectivity index (χ3v) is 12.5. The van der Waals surface area contributed by atoms with E-state index >= 15 is 0 Å². The fourth-order valence-electron chi connectivity index (χ4n) is 3.03. The number of aliphatic carboxylic acids is 1. The second kappa shape index (κ2) is 20.7. The minimum absolute atomic E-state index is 0.220. The Morgan fingerprint density at radius 2 is 1.00 bits per heavy atom. The number of hydrogen-bond donors (Lipinski definition) is 1. The summed E-state index contributed by atoms with van der Waals surface area (Å²) in [5, 5.41) is 9.09. The zero-order valence-electron chi connectivity index (χ0n) is 15.9. The van der Waals surface area contributed by atoms with Gasteiger partial charge in [-0.25, -0.2) is 0 Å². The number of carbonyl (C=O) groups is 1. The van der Waals surface area contributed by atoms with Crippen molar-refractivity contribution in [2.75, 3.05) is 4.43 Å². The Morgan fingerprint density at radius 1 is 0.654 bits per heavy atom. The Kier molecular flexibility index (Phi) is 22.6. The predicted molar refractivity (Wildman–Crippen MR) is 149 cm³/mol. The molecule has 3 atom stereocenters. The molecule has 0 saturated carbocycles. The molecule has 156 valence electrons. The highest BCUT2D eigenvalue weighted by Gasteiger charge is 2.28. The maximum Gasteiger partial charge on any atom is 0.317 e. The third-order valence-electron chi connectivity index (χ3n) is 4.72. The summed E-state index contributed by atoms with van der Waals surface area (Å²) in [6.45, 7) is 0. The molecule has 0 heterocycles. The van der Waals surface area contributed by atoms with Gasteiger partial charge in [-0.3, -0.25) is 4.79 Å². The number of rotatable bonds is 19. The Balaban J connectivity index is 3.30. The second-order valence-corrected chi connectivity index (χ2v) is 12.6. The first-order chi connectivity index (χ1) is 12.5. The summed E-state index contributed by atoms with van der Waals surface area (Å²) in [5.41, 5.74) is 0. The summed E-state index contributed by atoms with van der Waals surface area (Å²) in [7, 11) is 0. The van der Waals surface area contributed by atoms with Crippen molar-refractivity contribution in [2.24, 2.45) is 0 Å². The highest BCUT2D eigenvalue weighted by Crippen LogP contribution is 2.28. The molecule has 0 fully saturated rings. The molecule has 6 heteroatoms. The number of alkyl halides is 4. The molecule has 0 aromatic carbocycles. The maximum absolute atomic E-state index is 11.0. The van der Waals surface area contributed by atoms with E-state index in [1.54, 1.807) is 0 Å². The number of carboxylic acid groups (broad SMARTS) is 1. The normalized spacial score (nSPS) is 14.9. The molecule has 0 aliphatic carbocycles. The van der Waals surface area contributed by atoms with Crippen LogP contribution >= 0.6 is 90.4 Å². The zero-order valence-corrected chi connectivity index (χ0v) is 24.5. The van der Waals surface area contributed by atoms with Gasteiger partial charge in [0.05, 0.1) is 0 Å². The van der Waals surface area contributed by atoms with Crippen LogP contribution in [0.2, 0.25) is 0 Å². The van der Waals surface area contributed by atoms with E-state index in [-0.39, 0.29) is 7.85 Å². The Bertz CT molecular complexity index is 329. The van der Waals surface area contributed by atoms with Crippen LogP contribution < -0.4 is 0 Å². The Labute approximate surface area is 216 Å². The van der Waals surface area contributed by atoms with Gasteiger partial charge in [-0.05, 0) is 17.3 Å². The molecule has 0 aliphatic heterocycles. The van der Waals surface area contributed by atoms with Gasteiger partial charge in [-0.1, -0.05) is 174 Å². The summed E-state index contributed by atoms with van der Waals surface area (Å²) >= 11 is 9.29. The molecular formula is C20H36I4O2. The van der Waals surface area contributed by atoms with Crippen molar-refractivity contribution in [1.82, 2.24) is 0 Å². The number of hydrogen-bond acceptors (Lipinski definition) is 1. The molecular weight excluding hydrogens is 780 g/mol. The van der Waals surface area contributed by atoms with E-state index in [9.17, 15) is 4.79 Å². The lowest BCUT2D eigenvalue weighted by molar-refractivity contribution is -0.135. The summed E-state index contributed by atoms with van der Waals surface area (Å²) in [6.07, 6.45) is 20.7. The van der Waals surface area contributed by atoms with E-state index in [4.69, 9.17) is 5.11 Å². The van der Waals surface area contributed by atoms with Gasteiger partial charge in [0.25, 0.3) is 0 Å². The van der Waals surface area contributed by atoms with Crippen LogP contribution in [0.1, 0.15) is 96.3 Å². The molecule has 26 heavy (non-hydrogen) atoms. The van der Waals surface area contributed by atoms with Crippen molar-refractivity contribution in [2.45, 2.75) is 108 Å². The second-order valence-electron chi connectivity index (χ2n) is 7.13. The fraction of sp³-hybridized carbons (Fsp3) is 0.950. The van der Waals surface area contributed by atoms with E-state index in [1.165, 1.54) is 94.3 Å². The monoisotopic (exact) mass is 816 g/mol. The number of halogens is 4. The summed E-state index contributed by atoms with van der Waals surface area (Å²) in [5.74, 6) is -0.678. The standard InChI is InChI=1S/C20H36I4O2/c21-16-14-12-10-8-6-4-2-1-3-5-7-9-11-13-15-17(22)18(23)19(24)20(25)26/h17-19H,1-16H2,(H,25,26). The quantitative estimate of drug-likeness (QED) is 0.0805. The average Bonchev–Trinajstić information content (AvgIpc) is 2.63. The zero-order chi connectivity index (χ0) is 19.6. The van der Waals surface area contributed by atoms with Gasteiger partial charge in [-0.15, -0.1) is 0 Å². The van der Waals surface area contributed by atoms with Crippen LogP contribution in [0.5, 0.6) is 0 Å². The molecule has 0 saturated heterocycles. The van der Waals surface area contributed by atoms with Crippen LogP contribution in [-0.2, 0) is 4.79 Å². The number of carboxylic acids is 1. The summed E-state index contributed by atoms with van der Waals surface area (Å²) in [6, 6.07) is 0. The minimum atomic E-state index is -0.678. The molecule has 0 amide bonds. The van der Waals surface area contributed by atoms with Gasteiger partial charge in [0.15, 0.2) is 0 Å². The van der Waals surface area contributed by atoms with Crippen molar-refractivity contribution in [3.63, 3.8) is 0 Å². The molecule has 0 aromatic rings. The molecule has 1 N–H and O–H groups in total. The van der Waals surface area contributed by atoms with Crippen molar-refractivity contribution in [3.05, 3.63) is 0 Å². The van der Waals surface area contributed by atoms with Crippen molar-refractivity contribution < 1.29 is 9.90 Å². The van der Waals surface area contributed by atoms with Crippen LogP contribution in [0.15, 0.2) is 0 Å². The van der Waals surface area contributed by atoms with Gasteiger partial charge in [0, 0.05) is 7.85 Å².